The zero-order chi connectivity index (χ0) is 15.2. The standard InChI is InChI=1S/C17H24N4O/c18-16-5-2-1-4-15(16)14-17-19-6-9-21(17)8-3-7-20-10-12-22-13-11-20/h1-2,4-6,9H,3,7-8,10-14,18H2. The Labute approximate surface area is 131 Å². The van der Waals surface area contributed by atoms with Gasteiger partial charge in [-0.25, -0.2) is 4.98 Å². The Morgan fingerprint density at radius 3 is 2.77 bits per heavy atom. The van der Waals surface area contributed by atoms with Crippen LogP contribution in [0.4, 0.5) is 5.69 Å². The maximum Gasteiger partial charge on any atom is 0.113 e. The lowest BCUT2D eigenvalue weighted by molar-refractivity contribution is 0.0369. The molecule has 118 valence electrons. The van der Waals surface area contributed by atoms with Gasteiger partial charge in [0.2, 0.25) is 0 Å². The molecule has 0 radical (unpaired) electrons. The molecular weight excluding hydrogens is 276 g/mol. The molecule has 3 rings (SSSR count). The number of aryl methyl sites for hydroxylation is 1. The van der Waals surface area contributed by atoms with E-state index in [1.54, 1.807) is 0 Å². The van der Waals surface area contributed by atoms with E-state index in [9.17, 15) is 0 Å². The van der Waals surface area contributed by atoms with Crippen LogP contribution in [0.1, 0.15) is 17.8 Å². The zero-order valence-electron chi connectivity index (χ0n) is 12.9. The van der Waals surface area contributed by atoms with Gasteiger partial charge in [0.05, 0.1) is 13.2 Å². The van der Waals surface area contributed by atoms with E-state index >= 15 is 0 Å². The first-order valence-corrected chi connectivity index (χ1v) is 7.96. The second kappa shape index (κ2) is 7.42. The lowest BCUT2D eigenvalue weighted by Gasteiger charge is -2.26. The summed E-state index contributed by atoms with van der Waals surface area (Å²) in [5.41, 5.74) is 8.01. The van der Waals surface area contributed by atoms with Crippen molar-refractivity contribution in [2.24, 2.45) is 0 Å². The first-order chi connectivity index (χ1) is 10.8. The van der Waals surface area contributed by atoms with Gasteiger partial charge in [0, 0.05) is 50.7 Å². The van der Waals surface area contributed by atoms with Crippen LogP contribution in [-0.4, -0.2) is 47.3 Å². The third-order valence-electron chi connectivity index (χ3n) is 4.18. The molecule has 0 amide bonds. The summed E-state index contributed by atoms with van der Waals surface area (Å²) in [5.74, 6) is 1.08. The average Bonchev–Trinajstić information content (AvgIpc) is 2.98. The van der Waals surface area contributed by atoms with Crippen molar-refractivity contribution < 1.29 is 4.74 Å². The summed E-state index contributed by atoms with van der Waals surface area (Å²) in [4.78, 5) is 6.96. The Bertz CT molecular complexity index is 590. The number of aromatic nitrogens is 2. The maximum absolute atomic E-state index is 6.03. The average molecular weight is 300 g/mol. The number of nitrogen functional groups attached to an aromatic ring is 1. The van der Waals surface area contributed by atoms with Gasteiger partial charge in [-0.2, -0.15) is 0 Å². The highest BCUT2D eigenvalue weighted by atomic mass is 16.5. The molecule has 22 heavy (non-hydrogen) atoms. The van der Waals surface area contributed by atoms with Gasteiger partial charge in [-0.05, 0) is 18.1 Å². The van der Waals surface area contributed by atoms with Gasteiger partial charge in [-0.1, -0.05) is 18.2 Å². The molecule has 1 fully saturated rings. The molecule has 2 heterocycles. The molecule has 2 aromatic rings. The lowest BCUT2D eigenvalue weighted by Crippen LogP contribution is -2.37. The van der Waals surface area contributed by atoms with Gasteiger partial charge in [0.25, 0.3) is 0 Å². The van der Waals surface area contributed by atoms with Crippen molar-refractivity contribution in [1.29, 1.82) is 0 Å². The predicted molar refractivity (Wildman–Crippen MR) is 87.8 cm³/mol. The summed E-state index contributed by atoms with van der Waals surface area (Å²) in [6, 6.07) is 8.01. The smallest absolute Gasteiger partial charge is 0.113 e. The molecule has 5 nitrogen and oxygen atoms in total. The predicted octanol–water partition coefficient (Wildman–Crippen LogP) is 1.78. The number of morpholine rings is 1. The van der Waals surface area contributed by atoms with Gasteiger partial charge < -0.3 is 15.0 Å². The molecule has 1 aromatic heterocycles. The van der Waals surface area contributed by atoms with Crippen molar-refractivity contribution in [3.05, 3.63) is 48.0 Å². The number of ether oxygens (including phenoxy) is 1. The van der Waals surface area contributed by atoms with E-state index < -0.39 is 0 Å². The number of nitrogens with zero attached hydrogens (tertiary/aromatic N) is 3. The monoisotopic (exact) mass is 300 g/mol. The number of imidazole rings is 1. The molecular formula is C17H24N4O. The fraction of sp³-hybridized carbons (Fsp3) is 0.471. The molecule has 0 saturated carbocycles. The van der Waals surface area contributed by atoms with Gasteiger partial charge >= 0.3 is 0 Å². The summed E-state index contributed by atoms with van der Waals surface area (Å²) in [5, 5.41) is 0. The topological polar surface area (TPSA) is 56.3 Å². The Hall–Kier alpha value is -1.85. The highest BCUT2D eigenvalue weighted by Crippen LogP contribution is 2.15. The summed E-state index contributed by atoms with van der Waals surface area (Å²) in [6.07, 6.45) is 5.86. The fourth-order valence-corrected chi connectivity index (χ4v) is 2.87. The van der Waals surface area contributed by atoms with Crippen LogP contribution >= 0.6 is 0 Å². The van der Waals surface area contributed by atoms with Crippen molar-refractivity contribution >= 4 is 5.69 Å². The Kier molecular flexibility index (Phi) is 5.08. The molecule has 0 aliphatic carbocycles. The third-order valence-corrected chi connectivity index (χ3v) is 4.18. The minimum atomic E-state index is 0.789. The van der Waals surface area contributed by atoms with Gasteiger partial charge in [-0.15, -0.1) is 0 Å². The van der Waals surface area contributed by atoms with E-state index in [0.29, 0.717) is 0 Å². The number of nitrogens with two attached hydrogens (primary N) is 1. The van der Waals surface area contributed by atoms with Crippen molar-refractivity contribution in [3.63, 3.8) is 0 Å². The van der Waals surface area contributed by atoms with Gasteiger partial charge in [0.15, 0.2) is 0 Å². The van der Waals surface area contributed by atoms with Crippen LogP contribution in [0.3, 0.4) is 0 Å². The summed E-state index contributed by atoms with van der Waals surface area (Å²) < 4.78 is 7.62. The van der Waals surface area contributed by atoms with Crippen LogP contribution in [0, 0.1) is 0 Å². The first-order valence-electron chi connectivity index (χ1n) is 7.96. The van der Waals surface area contributed by atoms with Crippen molar-refractivity contribution in [2.45, 2.75) is 19.4 Å². The summed E-state index contributed by atoms with van der Waals surface area (Å²) >= 11 is 0. The second-order valence-corrected chi connectivity index (χ2v) is 5.72. The lowest BCUT2D eigenvalue weighted by atomic mass is 10.1. The van der Waals surface area contributed by atoms with E-state index in [1.807, 2.05) is 24.4 Å². The normalized spacial score (nSPS) is 16.0. The number of hydrogen-bond donors (Lipinski definition) is 1. The van der Waals surface area contributed by atoms with Crippen LogP contribution in [-0.2, 0) is 17.7 Å². The molecule has 0 spiro atoms. The Morgan fingerprint density at radius 1 is 1.14 bits per heavy atom. The molecule has 0 bridgehead atoms. The van der Waals surface area contributed by atoms with Crippen LogP contribution in [0.2, 0.25) is 0 Å². The third kappa shape index (κ3) is 3.87. The minimum Gasteiger partial charge on any atom is -0.398 e. The molecule has 1 aromatic carbocycles. The summed E-state index contributed by atoms with van der Waals surface area (Å²) in [7, 11) is 0. The largest absolute Gasteiger partial charge is 0.398 e. The minimum absolute atomic E-state index is 0.789. The van der Waals surface area contributed by atoms with Crippen LogP contribution < -0.4 is 5.73 Å². The molecule has 2 N–H and O–H groups in total. The van der Waals surface area contributed by atoms with Gasteiger partial charge in [0.1, 0.15) is 5.82 Å². The van der Waals surface area contributed by atoms with Crippen LogP contribution in [0.15, 0.2) is 36.7 Å². The van der Waals surface area contributed by atoms with Crippen LogP contribution in [0.25, 0.3) is 0 Å². The quantitative estimate of drug-likeness (QED) is 0.826. The van der Waals surface area contributed by atoms with E-state index in [4.69, 9.17) is 10.5 Å². The Morgan fingerprint density at radius 2 is 1.95 bits per heavy atom. The highest BCUT2D eigenvalue weighted by molar-refractivity contribution is 5.47. The highest BCUT2D eigenvalue weighted by Gasteiger charge is 2.10. The molecule has 5 heteroatoms. The van der Waals surface area contributed by atoms with Gasteiger partial charge in [-0.3, -0.25) is 4.90 Å². The van der Waals surface area contributed by atoms with Crippen LogP contribution in [0.5, 0.6) is 0 Å². The fourth-order valence-electron chi connectivity index (χ4n) is 2.87. The SMILES string of the molecule is Nc1ccccc1Cc1nccn1CCCN1CCOCC1. The molecule has 0 unspecified atom stereocenters. The maximum atomic E-state index is 6.03. The first kappa shape index (κ1) is 15.1. The number of anilines is 1. The van der Waals surface area contributed by atoms with E-state index in [0.717, 1.165) is 69.3 Å². The molecule has 1 saturated heterocycles. The molecule has 0 atom stereocenters. The second-order valence-electron chi connectivity index (χ2n) is 5.72. The molecule has 1 aliphatic rings. The Balaban J connectivity index is 1.54. The van der Waals surface area contributed by atoms with Crippen molar-refractivity contribution in [3.8, 4) is 0 Å². The zero-order valence-corrected chi connectivity index (χ0v) is 12.9. The van der Waals surface area contributed by atoms with E-state index in [2.05, 4.69) is 26.7 Å². The number of para-hydroxylation sites is 1. The van der Waals surface area contributed by atoms with E-state index in [1.165, 1.54) is 0 Å². The number of benzene rings is 1. The van der Waals surface area contributed by atoms with Crippen molar-refractivity contribution in [1.82, 2.24) is 14.5 Å². The molecule has 1 aliphatic heterocycles. The summed E-state index contributed by atoms with van der Waals surface area (Å²) in [6.45, 7) is 5.95. The number of hydrogen-bond acceptors (Lipinski definition) is 4. The van der Waals surface area contributed by atoms with E-state index in [-0.39, 0.29) is 0 Å². The van der Waals surface area contributed by atoms with Crippen molar-refractivity contribution in [2.75, 3.05) is 38.6 Å². The number of rotatable bonds is 6.